The molecule has 0 saturated carbocycles. The van der Waals surface area contributed by atoms with Gasteiger partial charge in [-0.25, -0.2) is 0 Å². The Labute approximate surface area is 76.5 Å². The van der Waals surface area contributed by atoms with Crippen LogP contribution in [0.5, 0.6) is 0 Å². The van der Waals surface area contributed by atoms with Gasteiger partial charge in [0.2, 0.25) is 0 Å². The molecule has 4 heteroatoms. The summed E-state index contributed by atoms with van der Waals surface area (Å²) in [4.78, 5) is 10.1. The second kappa shape index (κ2) is 3.80. The highest BCUT2D eigenvalue weighted by molar-refractivity contribution is 5.55. The number of ether oxygens (including phenoxy) is 1. The second-order valence-corrected chi connectivity index (χ2v) is 2.81. The molecule has 0 amide bonds. The van der Waals surface area contributed by atoms with Crippen LogP contribution in [0, 0.1) is 0 Å². The molecule has 1 aromatic carbocycles. The minimum absolute atomic E-state index is 0.316. The Balaban J connectivity index is 2.93. The summed E-state index contributed by atoms with van der Waals surface area (Å²) in [5, 5.41) is 0. The number of hydrogen-bond acceptors (Lipinski definition) is 4. The predicted octanol–water partition coefficient (Wildman–Crippen LogP) is 1.09. The van der Waals surface area contributed by atoms with Gasteiger partial charge in [-0.1, -0.05) is 0 Å². The zero-order chi connectivity index (χ0) is 9.84. The van der Waals surface area contributed by atoms with Gasteiger partial charge in [-0.3, -0.25) is 4.79 Å². The molecule has 1 rings (SSSR count). The van der Waals surface area contributed by atoms with Gasteiger partial charge in [-0.15, -0.1) is 0 Å². The van der Waals surface area contributed by atoms with Crippen molar-refractivity contribution >= 4 is 17.8 Å². The lowest BCUT2D eigenvalue weighted by Gasteiger charge is -2.10. The van der Waals surface area contributed by atoms with E-state index >= 15 is 0 Å². The van der Waals surface area contributed by atoms with Gasteiger partial charge in [0.15, 0.2) is 0 Å². The fourth-order valence-corrected chi connectivity index (χ4v) is 1.10. The van der Waals surface area contributed by atoms with Crippen LogP contribution in [0.1, 0.15) is 18.6 Å². The van der Waals surface area contributed by atoms with Crippen molar-refractivity contribution in [3.63, 3.8) is 0 Å². The first kappa shape index (κ1) is 9.38. The molecule has 1 unspecified atom stereocenters. The molecule has 0 radical (unpaired) electrons. The van der Waals surface area contributed by atoms with Crippen LogP contribution >= 0.6 is 0 Å². The van der Waals surface area contributed by atoms with Crippen LogP contribution in [-0.4, -0.2) is 6.47 Å². The maximum atomic E-state index is 10.1. The molecule has 0 bridgehead atoms. The summed E-state index contributed by atoms with van der Waals surface area (Å²) in [6.45, 7) is 2.16. The van der Waals surface area contributed by atoms with E-state index in [2.05, 4.69) is 0 Å². The van der Waals surface area contributed by atoms with Gasteiger partial charge < -0.3 is 16.2 Å². The lowest BCUT2D eigenvalue weighted by atomic mass is 10.1. The molecule has 4 nitrogen and oxygen atoms in total. The van der Waals surface area contributed by atoms with Crippen molar-refractivity contribution < 1.29 is 9.53 Å². The van der Waals surface area contributed by atoms with Gasteiger partial charge in [0.05, 0.1) is 0 Å². The van der Waals surface area contributed by atoms with Crippen LogP contribution in [0.2, 0.25) is 0 Å². The molecule has 0 saturated heterocycles. The van der Waals surface area contributed by atoms with E-state index in [9.17, 15) is 4.79 Å². The lowest BCUT2D eigenvalue weighted by molar-refractivity contribution is -0.133. The molecule has 0 aromatic heterocycles. The first-order chi connectivity index (χ1) is 6.13. The quantitative estimate of drug-likeness (QED) is 0.539. The van der Waals surface area contributed by atoms with Gasteiger partial charge in [-0.2, -0.15) is 0 Å². The van der Waals surface area contributed by atoms with E-state index in [1.807, 2.05) is 0 Å². The van der Waals surface area contributed by atoms with Crippen LogP contribution < -0.4 is 11.5 Å². The molecule has 0 heterocycles. The Hall–Kier alpha value is -1.71. The van der Waals surface area contributed by atoms with E-state index in [4.69, 9.17) is 16.2 Å². The molecule has 0 fully saturated rings. The first-order valence-corrected chi connectivity index (χ1v) is 3.88. The Morgan fingerprint density at radius 1 is 1.31 bits per heavy atom. The Morgan fingerprint density at radius 3 is 2.31 bits per heavy atom. The van der Waals surface area contributed by atoms with Crippen molar-refractivity contribution in [2.24, 2.45) is 0 Å². The van der Waals surface area contributed by atoms with Crippen molar-refractivity contribution in [3.05, 3.63) is 23.8 Å². The summed E-state index contributed by atoms with van der Waals surface area (Å²) in [6, 6.07) is 5.10. The number of benzene rings is 1. The average Bonchev–Trinajstić information content (AvgIpc) is 2.03. The first-order valence-electron chi connectivity index (χ1n) is 3.88. The molecular weight excluding hydrogens is 168 g/mol. The molecule has 0 aliphatic heterocycles. The van der Waals surface area contributed by atoms with Crippen LogP contribution in [0.4, 0.5) is 11.4 Å². The molecule has 0 aliphatic rings. The number of hydrogen-bond donors (Lipinski definition) is 2. The van der Waals surface area contributed by atoms with Crippen molar-refractivity contribution in [2.45, 2.75) is 13.0 Å². The number of carbonyl (C=O) groups excluding carboxylic acids is 1. The second-order valence-electron chi connectivity index (χ2n) is 2.81. The summed E-state index contributed by atoms with van der Waals surface area (Å²) in [6.07, 6.45) is -0.316. The summed E-state index contributed by atoms with van der Waals surface area (Å²) in [5.41, 5.74) is 13.1. The van der Waals surface area contributed by atoms with E-state index in [-0.39, 0.29) is 6.10 Å². The van der Waals surface area contributed by atoms with Crippen LogP contribution in [-0.2, 0) is 9.53 Å². The highest BCUT2D eigenvalue weighted by atomic mass is 16.5. The van der Waals surface area contributed by atoms with Crippen molar-refractivity contribution in [1.29, 1.82) is 0 Å². The Kier molecular flexibility index (Phi) is 2.74. The summed E-state index contributed by atoms with van der Waals surface area (Å²) in [7, 11) is 0. The minimum atomic E-state index is -0.316. The molecule has 0 aliphatic carbocycles. The number of carbonyl (C=O) groups is 1. The largest absolute Gasteiger partial charge is 0.460 e. The SMILES string of the molecule is CC(OC=O)c1cc(N)cc(N)c1. The van der Waals surface area contributed by atoms with Gasteiger partial charge in [0, 0.05) is 11.4 Å². The molecule has 0 spiro atoms. The van der Waals surface area contributed by atoms with E-state index in [1.54, 1.807) is 25.1 Å². The topological polar surface area (TPSA) is 78.3 Å². The molecule has 13 heavy (non-hydrogen) atoms. The number of nitrogens with two attached hydrogens (primary N) is 2. The zero-order valence-electron chi connectivity index (χ0n) is 7.36. The van der Waals surface area contributed by atoms with E-state index in [0.29, 0.717) is 17.8 Å². The van der Waals surface area contributed by atoms with Crippen LogP contribution in [0.25, 0.3) is 0 Å². The van der Waals surface area contributed by atoms with Gasteiger partial charge in [0.1, 0.15) is 6.10 Å². The molecule has 1 atom stereocenters. The van der Waals surface area contributed by atoms with E-state index in [0.717, 1.165) is 5.56 Å². The highest BCUT2D eigenvalue weighted by Crippen LogP contribution is 2.21. The van der Waals surface area contributed by atoms with Gasteiger partial charge in [0.25, 0.3) is 6.47 Å². The van der Waals surface area contributed by atoms with Crippen LogP contribution in [0.15, 0.2) is 18.2 Å². The van der Waals surface area contributed by atoms with E-state index < -0.39 is 0 Å². The lowest BCUT2D eigenvalue weighted by Crippen LogP contribution is -2.00. The fourth-order valence-electron chi connectivity index (χ4n) is 1.10. The summed E-state index contributed by atoms with van der Waals surface area (Å²) < 4.78 is 4.75. The monoisotopic (exact) mass is 180 g/mol. The van der Waals surface area contributed by atoms with Crippen molar-refractivity contribution in [2.75, 3.05) is 11.5 Å². The third kappa shape index (κ3) is 2.37. The molecule has 70 valence electrons. The van der Waals surface area contributed by atoms with Gasteiger partial charge in [-0.05, 0) is 30.7 Å². The standard InChI is InChI=1S/C9H12N2O2/c1-6(13-5-12)7-2-8(10)4-9(11)3-7/h2-6H,10-11H2,1H3. The molecular formula is C9H12N2O2. The van der Waals surface area contributed by atoms with Gasteiger partial charge >= 0.3 is 0 Å². The predicted molar refractivity (Wildman–Crippen MR) is 50.8 cm³/mol. The van der Waals surface area contributed by atoms with Crippen molar-refractivity contribution in [3.8, 4) is 0 Å². The van der Waals surface area contributed by atoms with Crippen LogP contribution in [0.3, 0.4) is 0 Å². The zero-order valence-corrected chi connectivity index (χ0v) is 7.36. The van der Waals surface area contributed by atoms with Crippen molar-refractivity contribution in [1.82, 2.24) is 0 Å². The van der Waals surface area contributed by atoms with E-state index in [1.165, 1.54) is 0 Å². The summed E-state index contributed by atoms with van der Waals surface area (Å²) >= 11 is 0. The smallest absolute Gasteiger partial charge is 0.293 e. The highest BCUT2D eigenvalue weighted by Gasteiger charge is 2.06. The Bertz CT molecular complexity index is 292. The Morgan fingerprint density at radius 2 is 1.85 bits per heavy atom. The number of nitrogen functional groups attached to an aromatic ring is 2. The maximum Gasteiger partial charge on any atom is 0.293 e. The normalized spacial score (nSPS) is 12.1. The third-order valence-electron chi connectivity index (χ3n) is 1.73. The summed E-state index contributed by atoms with van der Waals surface area (Å²) in [5.74, 6) is 0. The third-order valence-corrected chi connectivity index (χ3v) is 1.73. The number of rotatable bonds is 3. The maximum absolute atomic E-state index is 10.1. The molecule has 4 N–H and O–H groups in total. The average molecular weight is 180 g/mol. The minimum Gasteiger partial charge on any atom is -0.460 e. The number of anilines is 2. The fraction of sp³-hybridized carbons (Fsp3) is 0.222. The molecule has 1 aromatic rings.